The van der Waals surface area contributed by atoms with Gasteiger partial charge in [-0.05, 0) is 122 Å². The highest BCUT2D eigenvalue weighted by molar-refractivity contribution is 6.61. The summed E-state index contributed by atoms with van der Waals surface area (Å²) in [4.78, 5) is 51.4. The fraction of sp³-hybridized carbons (Fsp3) is 0.667. The Kier molecular flexibility index (Phi) is 29.5. The van der Waals surface area contributed by atoms with Crippen molar-refractivity contribution in [3.8, 4) is 0 Å². The minimum absolute atomic E-state index is 0.0906. The van der Waals surface area contributed by atoms with E-state index < -0.39 is 22.7 Å². The van der Waals surface area contributed by atoms with Gasteiger partial charge in [-0.1, -0.05) is 68.2 Å². The van der Waals surface area contributed by atoms with Crippen molar-refractivity contribution in [1.82, 2.24) is 20.0 Å². The number of alkyl carbamates (subject to hydrolysis) is 1. The van der Waals surface area contributed by atoms with Crippen LogP contribution in [0.5, 0.6) is 0 Å². The molecule has 0 saturated carbocycles. The molecule has 0 aromatic heterocycles. The van der Waals surface area contributed by atoms with E-state index in [4.69, 9.17) is 47.9 Å². The molecule has 2 fully saturated rings. The lowest BCUT2D eigenvalue weighted by Crippen LogP contribution is -2.44. The minimum Gasteiger partial charge on any atom is -0.457 e. The van der Waals surface area contributed by atoms with Crippen LogP contribution in [-0.2, 0) is 28.4 Å². The van der Waals surface area contributed by atoms with Crippen LogP contribution in [0, 0.1) is 11.8 Å². The third kappa shape index (κ3) is 25.5. The zero-order chi connectivity index (χ0) is 49.9. The summed E-state index contributed by atoms with van der Waals surface area (Å²) in [6.07, 6.45) is 2.24. The highest BCUT2D eigenvalue weighted by atomic mass is 35.5. The number of benzene rings is 2. The lowest BCUT2D eigenvalue weighted by Gasteiger charge is -2.37. The van der Waals surface area contributed by atoms with Gasteiger partial charge in [0.1, 0.15) is 11.2 Å². The number of ether oxygens (including phenoxy) is 6. The van der Waals surface area contributed by atoms with Crippen LogP contribution in [0.4, 0.5) is 19.2 Å². The Labute approximate surface area is 409 Å². The molecule has 2 saturated heterocycles. The Balaban J connectivity index is 0.000000532. The van der Waals surface area contributed by atoms with Gasteiger partial charge in [0.2, 0.25) is 0 Å². The molecule has 376 valence electrons. The van der Waals surface area contributed by atoms with Gasteiger partial charge in [0.05, 0.1) is 39.6 Å². The van der Waals surface area contributed by atoms with Crippen molar-refractivity contribution in [2.24, 2.45) is 17.6 Å². The summed E-state index contributed by atoms with van der Waals surface area (Å²) in [5, 5.41) is 3.92. The second kappa shape index (κ2) is 32.2. The number of rotatable bonds is 14. The number of carbonyl (C=O) groups is 4. The molecule has 0 unspecified atom stereocenters. The summed E-state index contributed by atoms with van der Waals surface area (Å²) in [6, 6.07) is 15.3. The summed E-state index contributed by atoms with van der Waals surface area (Å²) < 4.78 is 31.7. The van der Waals surface area contributed by atoms with Gasteiger partial charge in [0, 0.05) is 72.8 Å². The monoisotopic (exact) mass is 989 g/mol. The maximum atomic E-state index is 12.5. The van der Waals surface area contributed by atoms with Crippen molar-refractivity contribution in [2.45, 2.75) is 111 Å². The van der Waals surface area contributed by atoms with Gasteiger partial charge in [-0.2, -0.15) is 0 Å². The van der Waals surface area contributed by atoms with Crippen LogP contribution in [0.1, 0.15) is 111 Å². The SMILES string of the molecule is CC(C)(C)OC(=O)N1CCC[C@@H]([C@@H](OCCN)c2cccc(Cl)c2)C1.CCN(CC)CC.COC(=O)Cl.COC(=O)NCCO[C@@H](c1cccc(Cl)c1)[C@@H]1CCCN(C(=O)OC(C)(C)C)C1. The number of halogens is 3. The number of nitrogens with one attached hydrogen (secondary N) is 1. The third-order valence-corrected chi connectivity index (χ3v) is 10.8. The zero-order valence-electron chi connectivity index (χ0n) is 41.2. The molecule has 2 aliphatic heterocycles. The lowest BCUT2D eigenvalue weighted by molar-refractivity contribution is -0.0247. The normalized spacial score (nSPS) is 17.0. The van der Waals surface area contributed by atoms with Crippen LogP contribution in [0.25, 0.3) is 0 Å². The van der Waals surface area contributed by atoms with Gasteiger partial charge in [-0.15, -0.1) is 0 Å². The Bertz CT molecular complexity index is 1700. The molecule has 2 heterocycles. The highest BCUT2D eigenvalue weighted by Gasteiger charge is 2.35. The molecule has 2 aromatic rings. The van der Waals surface area contributed by atoms with E-state index in [1.807, 2.05) is 90.1 Å². The standard InChI is InChI=1S/C21H31ClN2O5.C19H29ClN2O3.C6H15N.C2H3ClO2/c1-21(2,3)29-20(26)24-11-6-8-16(14-24)18(15-7-5-9-17(22)13-15)28-12-10-23-19(25)27-4;1-19(2,3)25-18(23)22-10-5-7-15(13-22)17(24-11-9-21)14-6-4-8-16(20)12-14;1-4-7(5-2)6-3;1-5-2(3)4/h5,7,9,13,16,18H,6,8,10-12,14H2,1-4H3,(H,23,25);4,6,8,12,15,17H,5,7,9-11,13,21H2,1-3H3;4-6H2,1-3H3;1H3/t16-,18+;15-,17+;;/m11../s1. The molecule has 0 radical (unpaired) electrons. The van der Waals surface area contributed by atoms with Crippen molar-refractivity contribution in [3.05, 3.63) is 69.7 Å². The number of nitrogens with zero attached hydrogens (tertiary/aromatic N) is 3. The fourth-order valence-corrected chi connectivity index (χ4v) is 7.55. The maximum absolute atomic E-state index is 12.5. The molecule has 18 heteroatoms. The van der Waals surface area contributed by atoms with E-state index >= 15 is 0 Å². The minimum atomic E-state index is -0.773. The Morgan fingerprint density at radius 1 is 0.727 bits per heavy atom. The molecule has 0 spiro atoms. The molecule has 4 atom stereocenters. The summed E-state index contributed by atoms with van der Waals surface area (Å²) >= 11 is 16.9. The second-order valence-corrected chi connectivity index (χ2v) is 18.8. The second-order valence-electron chi connectivity index (χ2n) is 17.6. The topological polar surface area (TPSA) is 171 Å². The number of amides is 3. The van der Waals surface area contributed by atoms with Crippen LogP contribution < -0.4 is 11.1 Å². The van der Waals surface area contributed by atoms with Crippen LogP contribution in [0.15, 0.2) is 48.5 Å². The largest absolute Gasteiger partial charge is 0.457 e. The smallest absolute Gasteiger partial charge is 0.410 e. The average molecular weight is 992 g/mol. The fourth-order valence-electron chi connectivity index (χ4n) is 7.15. The first-order valence-corrected chi connectivity index (χ1v) is 23.9. The number of carbonyl (C=O) groups excluding carboxylic acids is 4. The molecule has 3 N–H and O–H groups in total. The molecular weight excluding hydrogens is 913 g/mol. The maximum Gasteiger partial charge on any atom is 0.410 e. The lowest BCUT2D eigenvalue weighted by atomic mass is 9.88. The highest BCUT2D eigenvalue weighted by Crippen LogP contribution is 2.36. The molecule has 0 aliphatic carbocycles. The van der Waals surface area contributed by atoms with E-state index in [0.29, 0.717) is 62.5 Å². The molecule has 3 amide bonds. The number of methoxy groups -OCH3 is 2. The molecule has 0 bridgehead atoms. The summed E-state index contributed by atoms with van der Waals surface area (Å²) in [5.74, 6) is 0.277. The summed E-state index contributed by atoms with van der Waals surface area (Å²) in [7, 11) is 2.54. The summed E-state index contributed by atoms with van der Waals surface area (Å²) in [6.45, 7) is 25.4. The van der Waals surface area contributed by atoms with E-state index in [-0.39, 0.29) is 36.2 Å². The van der Waals surface area contributed by atoms with Crippen molar-refractivity contribution < 1.29 is 47.6 Å². The first-order chi connectivity index (χ1) is 31.1. The number of nitrogens with two attached hydrogens (primary N) is 1. The van der Waals surface area contributed by atoms with Gasteiger partial charge in [-0.25, -0.2) is 19.2 Å². The van der Waals surface area contributed by atoms with E-state index in [9.17, 15) is 19.2 Å². The third-order valence-electron chi connectivity index (χ3n) is 10.2. The quantitative estimate of drug-likeness (QED) is 0.104. The molecule has 15 nitrogen and oxygen atoms in total. The van der Waals surface area contributed by atoms with Gasteiger partial charge >= 0.3 is 23.7 Å². The van der Waals surface area contributed by atoms with E-state index in [1.54, 1.807) is 9.80 Å². The van der Waals surface area contributed by atoms with Crippen molar-refractivity contribution in [1.29, 1.82) is 0 Å². The average Bonchev–Trinajstić information content (AvgIpc) is 3.26. The number of piperidine rings is 2. The Morgan fingerprint density at radius 3 is 1.45 bits per heavy atom. The van der Waals surface area contributed by atoms with E-state index in [1.165, 1.54) is 33.9 Å². The molecule has 2 aliphatic rings. The first kappa shape index (κ1) is 60.4. The van der Waals surface area contributed by atoms with Crippen LogP contribution in [0.2, 0.25) is 10.0 Å². The van der Waals surface area contributed by atoms with E-state index in [2.05, 4.69) is 52.1 Å². The molecule has 66 heavy (non-hydrogen) atoms. The zero-order valence-corrected chi connectivity index (χ0v) is 43.4. The molecule has 2 aromatic carbocycles. The van der Waals surface area contributed by atoms with E-state index in [0.717, 1.165) is 36.8 Å². The predicted octanol–water partition coefficient (Wildman–Crippen LogP) is 10.7. The Morgan fingerprint density at radius 2 is 1.14 bits per heavy atom. The number of hydrogen-bond donors (Lipinski definition) is 2. The predicted molar refractivity (Wildman–Crippen MR) is 263 cm³/mol. The van der Waals surface area contributed by atoms with Crippen molar-refractivity contribution >= 4 is 58.5 Å². The Hall–Kier alpha value is -3.57. The van der Waals surface area contributed by atoms with Crippen molar-refractivity contribution in [2.75, 3.05) is 86.3 Å². The van der Waals surface area contributed by atoms with Crippen LogP contribution >= 0.6 is 34.8 Å². The van der Waals surface area contributed by atoms with Gasteiger partial charge in [0.25, 0.3) is 0 Å². The van der Waals surface area contributed by atoms with Gasteiger partial charge in [-0.3, -0.25) is 0 Å². The van der Waals surface area contributed by atoms with Crippen LogP contribution in [-0.4, -0.2) is 136 Å². The molecular formula is C48H78Cl3N5O10. The van der Waals surface area contributed by atoms with Gasteiger partial charge < -0.3 is 54.2 Å². The summed E-state index contributed by atoms with van der Waals surface area (Å²) in [5.41, 5.74) is 5.80. The molecule has 4 rings (SSSR count). The first-order valence-electron chi connectivity index (χ1n) is 22.8. The van der Waals surface area contributed by atoms with Crippen molar-refractivity contribution in [3.63, 3.8) is 0 Å². The number of likely N-dealkylation sites (tertiary alicyclic amines) is 2. The van der Waals surface area contributed by atoms with Gasteiger partial charge in [0.15, 0.2) is 0 Å². The van der Waals surface area contributed by atoms with Crippen LogP contribution in [0.3, 0.4) is 0 Å². The number of hydrogen-bond acceptors (Lipinski definition) is 12.